The van der Waals surface area contributed by atoms with E-state index in [2.05, 4.69) is 11.9 Å². The van der Waals surface area contributed by atoms with Crippen LogP contribution in [0.1, 0.15) is 33.6 Å². The Bertz CT molecular complexity index is 148. The van der Waals surface area contributed by atoms with E-state index in [1.807, 2.05) is 33.9 Å². The lowest BCUT2D eigenvalue weighted by atomic mass is 10.1. The summed E-state index contributed by atoms with van der Waals surface area (Å²) >= 11 is 0. The zero-order valence-electron chi connectivity index (χ0n) is 9.48. The summed E-state index contributed by atoms with van der Waals surface area (Å²) in [7, 11) is 1.92. The predicted octanol–water partition coefficient (Wildman–Crippen LogP) is 2.43. The summed E-state index contributed by atoms with van der Waals surface area (Å²) in [5.74, 6) is 0. The number of nitrogens with one attached hydrogen (secondary N) is 1. The maximum Gasteiger partial charge on any atom is 0.0105 e. The third-order valence-corrected chi connectivity index (χ3v) is 1.75. The molecule has 13 heavy (non-hydrogen) atoms. The highest BCUT2D eigenvalue weighted by Crippen LogP contribution is 2.08. The zero-order chi connectivity index (χ0) is 10.7. The van der Waals surface area contributed by atoms with Crippen molar-refractivity contribution in [3.05, 3.63) is 23.9 Å². The Hall–Kier alpha value is -0.760. The van der Waals surface area contributed by atoms with Crippen molar-refractivity contribution >= 4 is 0 Å². The summed E-state index contributed by atoms with van der Waals surface area (Å²) < 4.78 is 0. The van der Waals surface area contributed by atoms with Crippen LogP contribution in [0.4, 0.5) is 0 Å². The molecule has 0 aliphatic rings. The standard InChI is InChI=1S/C9H18N2.C2H6/c1-4-9(6-5-7-10)8(2)11-3;1-2/h4,11H,1,5-7,10H2,2-3H3;1-2H3/b9-8+;. The van der Waals surface area contributed by atoms with Gasteiger partial charge in [0, 0.05) is 12.7 Å². The van der Waals surface area contributed by atoms with Crippen molar-refractivity contribution in [3.63, 3.8) is 0 Å². The second-order valence-corrected chi connectivity index (χ2v) is 2.50. The maximum atomic E-state index is 5.40. The van der Waals surface area contributed by atoms with Crippen molar-refractivity contribution in [3.8, 4) is 0 Å². The van der Waals surface area contributed by atoms with Gasteiger partial charge in [0.15, 0.2) is 0 Å². The Morgan fingerprint density at radius 2 is 2.00 bits per heavy atom. The van der Waals surface area contributed by atoms with Crippen LogP contribution in [0.15, 0.2) is 23.9 Å². The molecule has 2 nitrogen and oxygen atoms in total. The monoisotopic (exact) mass is 184 g/mol. The molecule has 0 fully saturated rings. The third-order valence-electron chi connectivity index (χ3n) is 1.75. The fourth-order valence-electron chi connectivity index (χ4n) is 0.896. The average Bonchev–Trinajstić information content (AvgIpc) is 2.21. The lowest BCUT2D eigenvalue weighted by Crippen LogP contribution is -2.06. The van der Waals surface area contributed by atoms with Crippen LogP contribution in [0.25, 0.3) is 0 Å². The third kappa shape index (κ3) is 7.60. The van der Waals surface area contributed by atoms with Gasteiger partial charge in [-0.05, 0) is 31.9 Å². The van der Waals surface area contributed by atoms with E-state index < -0.39 is 0 Å². The fraction of sp³-hybridized carbons (Fsp3) is 0.636. The smallest absolute Gasteiger partial charge is 0.0105 e. The van der Waals surface area contributed by atoms with Crippen molar-refractivity contribution in [1.29, 1.82) is 0 Å². The van der Waals surface area contributed by atoms with Gasteiger partial charge in [0.1, 0.15) is 0 Å². The molecule has 0 aromatic carbocycles. The number of hydrogen-bond donors (Lipinski definition) is 2. The summed E-state index contributed by atoms with van der Waals surface area (Å²) in [6, 6.07) is 0. The Balaban J connectivity index is 0. The molecule has 0 atom stereocenters. The Kier molecular flexibility index (Phi) is 12.8. The minimum atomic E-state index is 0.744. The van der Waals surface area contributed by atoms with Gasteiger partial charge in [0.25, 0.3) is 0 Å². The first-order valence-corrected chi connectivity index (χ1v) is 4.96. The average molecular weight is 184 g/mol. The Morgan fingerprint density at radius 1 is 1.46 bits per heavy atom. The van der Waals surface area contributed by atoms with Gasteiger partial charge in [0.2, 0.25) is 0 Å². The van der Waals surface area contributed by atoms with Crippen LogP contribution in [0.3, 0.4) is 0 Å². The van der Waals surface area contributed by atoms with E-state index >= 15 is 0 Å². The van der Waals surface area contributed by atoms with Crippen molar-refractivity contribution in [2.45, 2.75) is 33.6 Å². The van der Waals surface area contributed by atoms with E-state index in [0.29, 0.717) is 0 Å². The van der Waals surface area contributed by atoms with Crippen LogP contribution in [0.5, 0.6) is 0 Å². The van der Waals surface area contributed by atoms with E-state index in [1.54, 1.807) is 0 Å². The first-order chi connectivity index (χ1) is 6.26. The van der Waals surface area contributed by atoms with Gasteiger partial charge in [-0.25, -0.2) is 0 Å². The molecule has 78 valence electrons. The summed E-state index contributed by atoms with van der Waals surface area (Å²) in [5, 5.41) is 3.09. The van der Waals surface area contributed by atoms with Gasteiger partial charge in [-0.3, -0.25) is 0 Å². The van der Waals surface area contributed by atoms with Crippen LogP contribution < -0.4 is 11.1 Å². The lowest BCUT2D eigenvalue weighted by Gasteiger charge is -2.06. The van der Waals surface area contributed by atoms with Crippen molar-refractivity contribution in [2.24, 2.45) is 5.73 Å². The van der Waals surface area contributed by atoms with Crippen molar-refractivity contribution in [1.82, 2.24) is 5.32 Å². The first kappa shape index (κ1) is 14.7. The minimum absolute atomic E-state index is 0.744. The summed E-state index contributed by atoms with van der Waals surface area (Å²) in [6.45, 7) is 10.5. The van der Waals surface area contributed by atoms with E-state index in [4.69, 9.17) is 5.73 Å². The molecule has 0 aromatic heterocycles. The summed E-state index contributed by atoms with van der Waals surface area (Å²) in [5.41, 5.74) is 7.85. The number of hydrogen-bond acceptors (Lipinski definition) is 2. The molecule has 0 aromatic rings. The molecular weight excluding hydrogens is 160 g/mol. The highest BCUT2D eigenvalue weighted by molar-refractivity contribution is 5.21. The van der Waals surface area contributed by atoms with Crippen molar-refractivity contribution in [2.75, 3.05) is 13.6 Å². The molecule has 0 radical (unpaired) electrons. The molecule has 0 saturated carbocycles. The number of rotatable bonds is 5. The largest absolute Gasteiger partial charge is 0.391 e. The molecule has 3 N–H and O–H groups in total. The zero-order valence-corrected chi connectivity index (χ0v) is 9.48. The van der Waals surface area contributed by atoms with E-state index in [1.165, 1.54) is 11.3 Å². The highest BCUT2D eigenvalue weighted by atomic mass is 14.8. The molecule has 0 aliphatic heterocycles. The molecule has 0 aliphatic carbocycles. The van der Waals surface area contributed by atoms with Gasteiger partial charge in [-0.1, -0.05) is 26.5 Å². The lowest BCUT2D eigenvalue weighted by molar-refractivity contribution is 0.814. The quantitative estimate of drug-likeness (QED) is 0.644. The second kappa shape index (κ2) is 11.2. The van der Waals surface area contributed by atoms with Gasteiger partial charge >= 0.3 is 0 Å². The molecular formula is C11H24N2. The van der Waals surface area contributed by atoms with Gasteiger partial charge in [-0.15, -0.1) is 0 Å². The Morgan fingerprint density at radius 3 is 2.31 bits per heavy atom. The SMILES string of the molecule is C=C/C(CCCN)=C(/C)NC.CC. The molecule has 2 heteroatoms. The van der Waals surface area contributed by atoms with Crippen LogP contribution in [0, 0.1) is 0 Å². The van der Waals surface area contributed by atoms with Crippen LogP contribution in [-0.2, 0) is 0 Å². The van der Waals surface area contributed by atoms with Crippen molar-refractivity contribution < 1.29 is 0 Å². The molecule has 0 rings (SSSR count). The van der Waals surface area contributed by atoms with E-state index in [-0.39, 0.29) is 0 Å². The molecule has 0 amide bonds. The molecule has 0 unspecified atom stereocenters. The molecule has 0 saturated heterocycles. The predicted molar refractivity (Wildman–Crippen MR) is 61.6 cm³/mol. The summed E-state index contributed by atoms with van der Waals surface area (Å²) in [4.78, 5) is 0. The molecule has 0 heterocycles. The van der Waals surface area contributed by atoms with Crippen LogP contribution in [-0.4, -0.2) is 13.6 Å². The van der Waals surface area contributed by atoms with Crippen LogP contribution >= 0.6 is 0 Å². The van der Waals surface area contributed by atoms with Gasteiger partial charge < -0.3 is 11.1 Å². The number of nitrogens with two attached hydrogens (primary N) is 1. The van der Waals surface area contributed by atoms with Gasteiger partial charge in [0.05, 0.1) is 0 Å². The normalized spacial score (nSPS) is 10.8. The van der Waals surface area contributed by atoms with E-state index in [9.17, 15) is 0 Å². The molecule has 0 bridgehead atoms. The van der Waals surface area contributed by atoms with E-state index in [0.717, 1.165) is 19.4 Å². The maximum absolute atomic E-state index is 5.40. The highest BCUT2D eigenvalue weighted by Gasteiger charge is 1.95. The second-order valence-electron chi connectivity index (χ2n) is 2.50. The topological polar surface area (TPSA) is 38.0 Å². The first-order valence-electron chi connectivity index (χ1n) is 4.96. The molecule has 0 spiro atoms. The fourth-order valence-corrected chi connectivity index (χ4v) is 0.896. The van der Waals surface area contributed by atoms with Crippen LogP contribution in [0.2, 0.25) is 0 Å². The summed E-state index contributed by atoms with van der Waals surface area (Å²) in [6.07, 6.45) is 3.94. The minimum Gasteiger partial charge on any atom is -0.391 e. The number of allylic oxidation sites excluding steroid dienone is 3. The van der Waals surface area contributed by atoms with Gasteiger partial charge in [-0.2, -0.15) is 0 Å². The Labute approximate surface area is 82.9 Å².